The Hall–Kier alpha value is -3.64. The van der Waals surface area contributed by atoms with Gasteiger partial charge in [0.25, 0.3) is 0 Å². The highest BCUT2D eigenvalue weighted by Crippen LogP contribution is 2.52. The highest BCUT2D eigenvalue weighted by atomic mass is 14.3. The summed E-state index contributed by atoms with van der Waals surface area (Å²) in [7, 11) is 0. The Morgan fingerprint density at radius 2 is 0.964 bits per heavy atom. The maximum absolute atomic E-state index is 2.37. The van der Waals surface area contributed by atoms with Gasteiger partial charge in [0, 0.05) is 0 Å². The van der Waals surface area contributed by atoms with Crippen LogP contribution in [0.5, 0.6) is 0 Å². The zero-order valence-electron chi connectivity index (χ0n) is 15.4. The first kappa shape index (κ1) is 15.4. The Balaban J connectivity index is 1.75. The maximum Gasteiger partial charge on any atom is -0.00197 e. The molecule has 0 aliphatic heterocycles. The van der Waals surface area contributed by atoms with Gasteiger partial charge >= 0.3 is 0 Å². The molecule has 0 bridgehead atoms. The molecule has 0 nitrogen and oxygen atoms in total. The first-order valence-electron chi connectivity index (χ1n) is 9.71. The van der Waals surface area contributed by atoms with Gasteiger partial charge in [0.2, 0.25) is 0 Å². The van der Waals surface area contributed by atoms with Crippen molar-refractivity contribution in [2.45, 2.75) is 0 Å². The fourth-order valence-electron chi connectivity index (χ4n) is 4.56. The van der Waals surface area contributed by atoms with Crippen LogP contribution in [0, 0.1) is 0 Å². The van der Waals surface area contributed by atoms with Crippen LogP contribution in [0.3, 0.4) is 0 Å². The van der Waals surface area contributed by atoms with Crippen molar-refractivity contribution in [1.82, 2.24) is 0 Å². The predicted molar refractivity (Wildman–Crippen MR) is 119 cm³/mol. The highest BCUT2D eigenvalue weighted by molar-refractivity contribution is 6.18. The number of benzene rings is 5. The lowest BCUT2D eigenvalue weighted by atomic mass is 9.89. The molecule has 0 N–H and O–H groups in total. The lowest BCUT2D eigenvalue weighted by molar-refractivity contribution is 1.59. The summed E-state index contributed by atoms with van der Waals surface area (Å²) in [6.07, 6.45) is 0. The van der Waals surface area contributed by atoms with Crippen molar-refractivity contribution in [3.05, 3.63) is 109 Å². The Morgan fingerprint density at radius 3 is 1.68 bits per heavy atom. The summed E-state index contributed by atoms with van der Waals surface area (Å²) in [5, 5.41) is 2.69. The van der Waals surface area contributed by atoms with Crippen LogP contribution in [0.25, 0.3) is 55.3 Å². The van der Waals surface area contributed by atoms with Gasteiger partial charge in [-0.05, 0) is 67.4 Å². The quantitative estimate of drug-likeness (QED) is 0.297. The van der Waals surface area contributed by atoms with E-state index in [9.17, 15) is 0 Å². The van der Waals surface area contributed by atoms with Crippen molar-refractivity contribution in [3.8, 4) is 44.5 Å². The molecule has 0 spiro atoms. The highest BCUT2D eigenvalue weighted by Gasteiger charge is 2.25. The van der Waals surface area contributed by atoms with Crippen LogP contribution >= 0.6 is 0 Å². The molecule has 0 saturated heterocycles. The molecule has 0 saturated carbocycles. The molecule has 28 heavy (non-hydrogen) atoms. The van der Waals surface area contributed by atoms with E-state index in [4.69, 9.17) is 0 Å². The van der Waals surface area contributed by atoms with E-state index in [0.717, 1.165) is 0 Å². The van der Waals surface area contributed by atoms with E-state index in [1.165, 1.54) is 55.3 Å². The van der Waals surface area contributed by atoms with E-state index >= 15 is 0 Å². The van der Waals surface area contributed by atoms with Gasteiger partial charge < -0.3 is 0 Å². The van der Waals surface area contributed by atoms with Crippen LogP contribution < -0.4 is 0 Å². The van der Waals surface area contributed by atoms with Crippen molar-refractivity contribution in [2.24, 2.45) is 0 Å². The van der Waals surface area contributed by atoms with E-state index in [1.54, 1.807) is 0 Å². The number of rotatable bonds is 2. The molecule has 1 aliphatic carbocycles. The second-order valence-corrected chi connectivity index (χ2v) is 7.39. The molecule has 0 heterocycles. The second-order valence-electron chi connectivity index (χ2n) is 7.39. The Morgan fingerprint density at radius 1 is 0.357 bits per heavy atom. The van der Waals surface area contributed by atoms with E-state index in [-0.39, 0.29) is 0 Å². The smallest absolute Gasteiger partial charge is 0.00197 e. The third kappa shape index (κ3) is 2.18. The largest absolute Gasteiger partial charge is 0.0622 e. The summed E-state index contributed by atoms with van der Waals surface area (Å²) >= 11 is 0. The van der Waals surface area contributed by atoms with Gasteiger partial charge in [0.15, 0.2) is 0 Å². The summed E-state index contributed by atoms with van der Waals surface area (Å²) in [4.78, 5) is 0. The molecular weight excluding hydrogens is 336 g/mol. The van der Waals surface area contributed by atoms with Crippen LogP contribution in [0.4, 0.5) is 0 Å². The van der Waals surface area contributed by atoms with E-state index in [1.807, 2.05) is 0 Å². The number of hydrogen-bond acceptors (Lipinski definition) is 0. The molecule has 0 unspecified atom stereocenters. The van der Waals surface area contributed by atoms with Gasteiger partial charge in [-0.3, -0.25) is 0 Å². The average molecular weight is 354 g/mol. The van der Waals surface area contributed by atoms with E-state index < -0.39 is 0 Å². The van der Waals surface area contributed by atoms with Crippen LogP contribution in [0.15, 0.2) is 109 Å². The average Bonchev–Trinajstić information content (AvgIpc) is 3.10. The van der Waals surface area contributed by atoms with E-state index in [0.29, 0.717) is 0 Å². The number of fused-ring (bicyclic) bond motifs is 3. The third-order valence-electron chi connectivity index (χ3n) is 5.79. The summed E-state index contributed by atoms with van der Waals surface area (Å²) in [6.45, 7) is 0. The molecule has 130 valence electrons. The summed E-state index contributed by atoms with van der Waals surface area (Å²) in [6, 6.07) is 39.5. The Bertz CT molecular complexity index is 1320. The van der Waals surface area contributed by atoms with Crippen molar-refractivity contribution < 1.29 is 0 Å². The van der Waals surface area contributed by atoms with Gasteiger partial charge in [-0.2, -0.15) is 0 Å². The van der Waals surface area contributed by atoms with Gasteiger partial charge in [-0.1, -0.05) is 97.1 Å². The monoisotopic (exact) mass is 354 g/mol. The minimum absolute atomic E-state index is 1.26. The van der Waals surface area contributed by atoms with Crippen molar-refractivity contribution in [3.63, 3.8) is 0 Å². The van der Waals surface area contributed by atoms with Gasteiger partial charge in [-0.25, -0.2) is 0 Å². The van der Waals surface area contributed by atoms with Crippen LogP contribution in [-0.4, -0.2) is 0 Å². The summed E-state index contributed by atoms with van der Waals surface area (Å²) < 4.78 is 0. The zero-order chi connectivity index (χ0) is 18.5. The van der Waals surface area contributed by atoms with E-state index in [2.05, 4.69) is 109 Å². The SMILES string of the molecule is c1ccc(-c2cc(-c3ccccc3)c3c(c2)-c2cccc4cccc-3c24)cc1. The van der Waals surface area contributed by atoms with Crippen LogP contribution in [0.1, 0.15) is 0 Å². The lowest BCUT2D eigenvalue weighted by Gasteiger charge is -2.14. The second kappa shape index (κ2) is 5.94. The predicted octanol–water partition coefficient (Wildman–Crippen LogP) is 7.82. The van der Waals surface area contributed by atoms with Crippen LogP contribution in [0.2, 0.25) is 0 Å². The molecule has 0 radical (unpaired) electrons. The molecule has 0 amide bonds. The fourth-order valence-corrected chi connectivity index (χ4v) is 4.56. The fraction of sp³-hybridized carbons (Fsp3) is 0. The first-order valence-corrected chi connectivity index (χ1v) is 9.71. The first-order chi connectivity index (χ1) is 13.9. The molecule has 0 fully saturated rings. The standard InChI is InChI=1S/C28H18/c1-3-9-19(10-4-1)22-17-25(20-11-5-2-6-12-20)28-24-16-8-14-21-13-7-15-23(27(21)24)26(28)18-22/h1-18H. The molecule has 0 atom stereocenters. The van der Waals surface area contributed by atoms with Gasteiger partial charge in [0.05, 0.1) is 0 Å². The third-order valence-corrected chi connectivity index (χ3v) is 5.79. The summed E-state index contributed by atoms with van der Waals surface area (Å²) in [5.41, 5.74) is 10.5. The molecule has 1 aliphatic rings. The minimum atomic E-state index is 1.26. The van der Waals surface area contributed by atoms with Crippen molar-refractivity contribution in [2.75, 3.05) is 0 Å². The molecule has 6 rings (SSSR count). The van der Waals surface area contributed by atoms with Crippen molar-refractivity contribution >= 4 is 10.8 Å². The summed E-state index contributed by atoms with van der Waals surface area (Å²) in [5.74, 6) is 0. The normalized spacial score (nSPS) is 11.6. The van der Waals surface area contributed by atoms with Crippen molar-refractivity contribution in [1.29, 1.82) is 0 Å². The lowest BCUT2D eigenvalue weighted by Crippen LogP contribution is -1.88. The molecule has 5 aromatic rings. The number of hydrogen-bond donors (Lipinski definition) is 0. The minimum Gasteiger partial charge on any atom is -0.0622 e. The van der Waals surface area contributed by atoms with Gasteiger partial charge in [0.1, 0.15) is 0 Å². The Labute approximate surface area is 164 Å². The molecule has 5 aromatic carbocycles. The maximum atomic E-state index is 2.37. The molecule has 0 aromatic heterocycles. The van der Waals surface area contributed by atoms with Gasteiger partial charge in [-0.15, -0.1) is 0 Å². The van der Waals surface area contributed by atoms with Crippen LogP contribution in [-0.2, 0) is 0 Å². The Kier molecular flexibility index (Phi) is 3.27. The topological polar surface area (TPSA) is 0 Å². The molecule has 0 heteroatoms. The zero-order valence-corrected chi connectivity index (χ0v) is 15.4. The molecular formula is C28H18.